The van der Waals surface area contributed by atoms with Crippen LogP contribution in [-0.4, -0.2) is 27.6 Å². The number of hydrogen-bond acceptors (Lipinski definition) is 5. The maximum absolute atomic E-state index is 12.3. The van der Waals surface area contributed by atoms with Gasteiger partial charge in [0, 0.05) is 48.2 Å². The van der Waals surface area contributed by atoms with Crippen molar-refractivity contribution in [3.63, 3.8) is 0 Å². The highest BCUT2D eigenvalue weighted by Gasteiger charge is 2.26. The summed E-state index contributed by atoms with van der Waals surface area (Å²) in [5, 5.41) is 4.18. The maximum atomic E-state index is 12.3. The molecule has 28 heavy (non-hydrogen) atoms. The van der Waals surface area contributed by atoms with E-state index in [1.165, 1.54) is 18.5 Å². The fraction of sp³-hybridized carbons (Fsp3) is 0.409. The molecule has 1 saturated heterocycles. The second-order valence-corrected chi connectivity index (χ2v) is 8.09. The van der Waals surface area contributed by atoms with E-state index in [0.29, 0.717) is 11.6 Å². The Morgan fingerprint density at radius 3 is 2.46 bits per heavy atom. The number of rotatable bonds is 4. The van der Waals surface area contributed by atoms with E-state index in [-0.39, 0.29) is 11.6 Å². The van der Waals surface area contributed by atoms with Crippen molar-refractivity contribution in [3.05, 3.63) is 52.9 Å². The van der Waals surface area contributed by atoms with Crippen molar-refractivity contribution in [3.8, 4) is 0 Å². The van der Waals surface area contributed by atoms with Crippen LogP contribution < -0.4 is 15.8 Å². The van der Waals surface area contributed by atoms with Gasteiger partial charge in [-0.15, -0.1) is 0 Å². The lowest BCUT2D eigenvalue weighted by Gasteiger charge is -2.32. The van der Waals surface area contributed by atoms with Crippen molar-refractivity contribution in [2.75, 3.05) is 23.3 Å². The number of anilines is 3. The van der Waals surface area contributed by atoms with Gasteiger partial charge in [-0.3, -0.25) is 9.36 Å². The third-order valence-corrected chi connectivity index (χ3v) is 5.85. The molecule has 3 aromatic rings. The summed E-state index contributed by atoms with van der Waals surface area (Å²) in [7, 11) is 0. The fourth-order valence-electron chi connectivity index (χ4n) is 3.94. The molecule has 6 heteroatoms. The Bertz CT molecular complexity index is 1050. The summed E-state index contributed by atoms with van der Waals surface area (Å²) in [6, 6.07) is 12.1. The van der Waals surface area contributed by atoms with Gasteiger partial charge in [-0.25, -0.2) is 4.98 Å². The van der Waals surface area contributed by atoms with Crippen LogP contribution in [0.2, 0.25) is 0 Å². The van der Waals surface area contributed by atoms with Crippen LogP contribution >= 0.6 is 0 Å². The molecule has 2 aromatic heterocycles. The van der Waals surface area contributed by atoms with Crippen molar-refractivity contribution in [2.45, 2.75) is 38.6 Å². The van der Waals surface area contributed by atoms with E-state index in [4.69, 9.17) is 0 Å². The van der Waals surface area contributed by atoms with Gasteiger partial charge in [0.15, 0.2) is 0 Å². The second-order valence-electron chi connectivity index (χ2n) is 8.09. The van der Waals surface area contributed by atoms with Crippen LogP contribution in [0.4, 0.5) is 17.3 Å². The fourth-order valence-corrected chi connectivity index (χ4v) is 3.94. The molecule has 0 unspecified atom stereocenters. The number of hydrogen-bond donors (Lipinski definition) is 1. The van der Waals surface area contributed by atoms with Crippen molar-refractivity contribution in [2.24, 2.45) is 5.92 Å². The molecule has 0 spiro atoms. The van der Waals surface area contributed by atoms with Crippen LogP contribution in [0, 0.1) is 5.92 Å². The van der Waals surface area contributed by atoms with Crippen LogP contribution in [0.5, 0.6) is 0 Å². The molecule has 2 aliphatic rings. The van der Waals surface area contributed by atoms with Gasteiger partial charge in [0.25, 0.3) is 5.56 Å². The Labute approximate surface area is 164 Å². The molecule has 144 valence electrons. The Balaban J connectivity index is 1.38. The Hall–Kier alpha value is -2.89. The Morgan fingerprint density at radius 1 is 1.00 bits per heavy atom. The predicted molar refractivity (Wildman–Crippen MR) is 112 cm³/mol. The van der Waals surface area contributed by atoms with Crippen LogP contribution in [0.1, 0.15) is 38.6 Å². The summed E-state index contributed by atoms with van der Waals surface area (Å²) in [5.74, 6) is 1.35. The number of nitrogens with zero attached hydrogens (tertiary/aromatic N) is 4. The van der Waals surface area contributed by atoms with Crippen LogP contribution in [0.25, 0.3) is 11.0 Å². The minimum absolute atomic E-state index is 0.0138. The third kappa shape index (κ3) is 3.35. The van der Waals surface area contributed by atoms with E-state index in [1.54, 1.807) is 18.3 Å². The summed E-state index contributed by atoms with van der Waals surface area (Å²) in [5.41, 5.74) is 2.94. The quantitative estimate of drug-likeness (QED) is 0.744. The van der Waals surface area contributed by atoms with Crippen LogP contribution in [0.15, 0.2) is 47.4 Å². The van der Waals surface area contributed by atoms with Crippen LogP contribution in [-0.2, 0) is 0 Å². The molecule has 5 rings (SSSR count). The number of pyridine rings is 1. The van der Waals surface area contributed by atoms with Gasteiger partial charge >= 0.3 is 0 Å². The molecule has 0 amide bonds. The van der Waals surface area contributed by atoms with Gasteiger partial charge in [0.05, 0.1) is 0 Å². The van der Waals surface area contributed by atoms with E-state index < -0.39 is 0 Å². The van der Waals surface area contributed by atoms with Crippen LogP contribution in [0.3, 0.4) is 0 Å². The van der Waals surface area contributed by atoms with Crippen molar-refractivity contribution < 1.29 is 0 Å². The first kappa shape index (κ1) is 17.2. The van der Waals surface area contributed by atoms with Crippen molar-refractivity contribution >= 4 is 28.4 Å². The molecule has 6 nitrogen and oxygen atoms in total. The van der Waals surface area contributed by atoms with E-state index in [0.717, 1.165) is 42.9 Å². The molecule has 2 fully saturated rings. The standard InChI is InChI=1S/C22H25N5O/c1-15-10-12-26(13-11-15)18-5-3-17(4-6-18)24-22-23-14-16-2-9-20(28)27(19-7-8-19)21(16)25-22/h2-6,9,14-15,19H,7-8,10-13H2,1H3,(H,23,24,25). The summed E-state index contributed by atoms with van der Waals surface area (Å²) in [4.78, 5) is 23.8. The summed E-state index contributed by atoms with van der Waals surface area (Å²) in [6.45, 7) is 4.58. The SMILES string of the molecule is CC1CCN(c2ccc(Nc3ncc4ccc(=O)n(C5CC5)c4n3)cc2)CC1. The number of benzene rings is 1. The molecule has 0 radical (unpaired) electrons. The van der Waals surface area contributed by atoms with Gasteiger partial charge in [-0.1, -0.05) is 6.92 Å². The Kier molecular flexibility index (Phi) is 4.26. The van der Waals surface area contributed by atoms with Gasteiger partial charge < -0.3 is 10.2 Å². The largest absolute Gasteiger partial charge is 0.372 e. The molecule has 1 saturated carbocycles. The highest BCUT2D eigenvalue weighted by molar-refractivity contribution is 5.76. The first-order valence-corrected chi connectivity index (χ1v) is 10.2. The van der Waals surface area contributed by atoms with Crippen molar-refractivity contribution in [1.82, 2.24) is 14.5 Å². The molecule has 0 atom stereocenters. The first-order chi connectivity index (χ1) is 13.7. The Morgan fingerprint density at radius 2 is 1.75 bits per heavy atom. The third-order valence-electron chi connectivity index (χ3n) is 5.85. The lowest BCUT2D eigenvalue weighted by atomic mass is 9.99. The predicted octanol–water partition coefficient (Wildman–Crippen LogP) is 4.11. The van der Waals surface area contributed by atoms with E-state index in [1.807, 2.05) is 4.57 Å². The minimum atomic E-state index is 0.0138. The minimum Gasteiger partial charge on any atom is -0.372 e. The van der Waals surface area contributed by atoms with Gasteiger partial charge in [0.2, 0.25) is 5.95 Å². The lowest BCUT2D eigenvalue weighted by molar-refractivity contribution is 0.438. The number of aromatic nitrogens is 3. The normalized spacial score (nSPS) is 17.8. The molecular formula is C22H25N5O. The summed E-state index contributed by atoms with van der Waals surface area (Å²) < 4.78 is 1.81. The average molecular weight is 375 g/mol. The zero-order valence-corrected chi connectivity index (χ0v) is 16.1. The van der Waals surface area contributed by atoms with Gasteiger partial charge in [-0.05, 0) is 61.9 Å². The zero-order valence-electron chi connectivity index (χ0n) is 16.1. The summed E-state index contributed by atoms with van der Waals surface area (Å²) in [6.07, 6.45) is 6.39. The molecule has 1 aliphatic heterocycles. The van der Waals surface area contributed by atoms with Gasteiger partial charge in [-0.2, -0.15) is 4.98 Å². The second kappa shape index (κ2) is 6.93. The molecule has 1 N–H and O–H groups in total. The molecule has 1 aromatic carbocycles. The summed E-state index contributed by atoms with van der Waals surface area (Å²) >= 11 is 0. The number of nitrogens with one attached hydrogen (secondary N) is 1. The first-order valence-electron chi connectivity index (χ1n) is 10.2. The van der Waals surface area contributed by atoms with E-state index in [9.17, 15) is 4.79 Å². The molecule has 0 bridgehead atoms. The van der Waals surface area contributed by atoms with Gasteiger partial charge in [0.1, 0.15) is 5.65 Å². The number of fused-ring (bicyclic) bond motifs is 1. The molecular weight excluding hydrogens is 350 g/mol. The lowest BCUT2D eigenvalue weighted by Crippen LogP contribution is -2.32. The highest BCUT2D eigenvalue weighted by atomic mass is 16.1. The van der Waals surface area contributed by atoms with E-state index >= 15 is 0 Å². The maximum Gasteiger partial charge on any atom is 0.252 e. The smallest absolute Gasteiger partial charge is 0.252 e. The molecule has 3 heterocycles. The average Bonchev–Trinajstić information content (AvgIpc) is 3.54. The number of piperidine rings is 1. The molecule has 1 aliphatic carbocycles. The monoisotopic (exact) mass is 375 g/mol. The zero-order chi connectivity index (χ0) is 19.1. The van der Waals surface area contributed by atoms with E-state index in [2.05, 4.69) is 51.4 Å². The highest BCUT2D eigenvalue weighted by Crippen LogP contribution is 2.35. The van der Waals surface area contributed by atoms with Crippen molar-refractivity contribution in [1.29, 1.82) is 0 Å². The topological polar surface area (TPSA) is 63.1 Å².